The summed E-state index contributed by atoms with van der Waals surface area (Å²) in [5, 5.41) is 10.8. The van der Waals surface area contributed by atoms with E-state index in [-0.39, 0.29) is 23.9 Å². The van der Waals surface area contributed by atoms with E-state index in [0.29, 0.717) is 18.7 Å². The molecule has 25 heavy (non-hydrogen) atoms. The summed E-state index contributed by atoms with van der Waals surface area (Å²) in [7, 11) is 5.59. The SMILES string of the molecule is CN(C)C(=O)C[C@H]1CC[C@@H](CNC(=O)c2n[nH]c3ccccc23)N1C. The van der Waals surface area contributed by atoms with Gasteiger partial charge < -0.3 is 10.2 Å². The standard InChI is InChI=1S/C18H25N5O2/c1-22(2)16(24)10-12-8-9-13(23(12)3)11-19-18(25)17-14-6-4-5-7-15(14)20-21-17/h4-7,12-13H,8-11H2,1-3H3,(H,19,25)(H,20,21)/t12-,13+/m1/s1. The first kappa shape index (κ1) is 17.4. The summed E-state index contributed by atoms with van der Waals surface area (Å²) >= 11 is 0. The maximum Gasteiger partial charge on any atom is 0.272 e. The summed E-state index contributed by atoms with van der Waals surface area (Å²) in [6, 6.07) is 8.07. The van der Waals surface area contributed by atoms with Gasteiger partial charge in [-0.2, -0.15) is 5.10 Å². The van der Waals surface area contributed by atoms with Gasteiger partial charge in [0.25, 0.3) is 5.91 Å². The molecule has 0 radical (unpaired) electrons. The second kappa shape index (κ2) is 7.23. The lowest BCUT2D eigenvalue weighted by Crippen LogP contribution is -2.42. The third kappa shape index (κ3) is 3.66. The largest absolute Gasteiger partial charge is 0.349 e. The van der Waals surface area contributed by atoms with Crippen LogP contribution in [0.4, 0.5) is 0 Å². The molecule has 2 atom stereocenters. The minimum absolute atomic E-state index is 0.143. The maximum atomic E-state index is 12.5. The molecule has 7 heteroatoms. The summed E-state index contributed by atoms with van der Waals surface area (Å²) < 4.78 is 0. The van der Waals surface area contributed by atoms with Crippen LogP contribution in [0.1, 0.15) is 29.8 Å². The number of likely N-dealkylation sites (N-methyl/N-ethyl adjacent to an activating group) is 1. The summed E-state index contributed by atoms with van der Waals surface area (Å²) in [6.07, 6.45) is 2.48. The van der Waals surface area contributed by atoms with Gasteiger partial charge in [-0.1, -0.05) is 18.2 Å². The van der Waals surface area contributed by atoms with Gasteiger partial charge in [0, 0.05) is 44.5 Å². The van der Waals surface area contributed by atoms with E-state index in [1.807, 2.05) is 31.3 Å². The quantitative estimate of drug-likeness (QED) is 0.856. The van der Waals surface area contributed by atoms with Gasteiger partial charge in [-0.15, -0.1) is 0 Å². The molecular weight excluding hydrogens is 318 g/mol. The number of rotatable bonds is 5. The molecule has 3 rings (SSSR count). The van der Waals surface area contributed by atoms with E-state index in [9.17, 15) is 9.59 Å². The molecule has 0 spiro atoms. The Kier molecular flexibility index (Phi) is 5.03. The second-order valence-electron chi connectivity index (χ2n) is 6.87. The average Bonchev–Trinajstić information content (AvgIpc) is 3.17. The van der Waals surface area contributed by atoms with Crippen LogP contribution in [0, 0.1) is 0 Å². The number of aromatic nitrogens is 2. The lowest BCUT2D eigenvalue weighted by molar-refractivity contribution is -0.129. The summed E-state index contributed by atoms with van der Waals surface area (Å²) in [4.78, 5) is 28.2. The van der Waals surface area contributed by atoms with Crippen LogP contribution in [-0.2, 0) is 4.79 Å². The van der Waals surface area contributed by atoms with Gasteiger partial charge in [-0.05, 0) is 26.0 Å². The Labute approximate surface area is 147 Å². The van der Waals surface area contributed by atoms with Crippen molar-refractivity contribution >= 4 is 22.7 Å². The predicted octanol–water partition coefficient (Wildman–Crippen LogP) is 1.23. The van der Waals surface area contributed by atoms with Gasteiger partial charge in [0.15, 0.2) is 5.69 Å². The molecule has 0 saturated carbocycles. The fourth-order valence-corrected chi connectivity index (χ4v) is 3.40. The van der Waals surface area contributed by atoms with Crippen LogP contribution in [0.5, 0.6) is 0 Å². The molecule has 2 amide bonds. The third-order valence-corrected chi connectivity index (χ3v) is 5.08. The van der Waals surface area contributed by atoms with E-state index in [1.54, 1.807) is 19.0 Å². The summed E-state index contributed by atoms with van der Waals surface area (Å²) in [5.41, 5.74) is 1.28. The van der Waals surface area contributed by atoms with Crippen molar-refractivity contribution in [3.05, 3.63) is 30.0 Å². The highest BCUT2D eigenvalue weighted by Gasteiger charge is 2.32. The summed E-state index contributed by atoms with van der Waals surface area (Å²) in [6.45, 7) is 0.559. The number of aromatic amines is 1. The van der Waals surface area contributed by atoms with Crippen molar-refractivity contribution in [2.24, 2.45) is 0 Å². The highest BCUT2D eigenvalue weighted by Crippen LogP contribution is 2.24. The Morgan fingerprint density at radius 2 is 2.00 bits per heavy atom. The molecule has 0 aliphatic carbocycles. The van der Waals surface area contributed by atoms with Crippen LogP contribution >= 0.6 is 0 Å². The highest BCUT2D eigenvalue weighted by molar-refractivity contribution is 6.04. The van der Waals surface area contributed by atoms with Gasteiger partial charge >= 0.3 is 0 Å². The Morgan fingerprint density at radius 3 is 2.76 bits per heavy atom. The summed E-state index contributed by atoms with van der Waals surface area (Å²) in [5.74, 6) is -0.0248. The van der Waals surface area contributed by atoms with Crippen molar-refractivity contribution in [3.8, 4) is 0 Å². The van der Waals surface area contributed by atoms with Gasteiger partial charge in [-0.25, -0.2) is 0 Å². The van der Waals surface area contributed by atoms with Crippen LogP contribution in [0.2, 0.25) is 0 Å². The van der Waals surface area contributed by atoms with Crippen LogP contribution in [0.25, 0.3) is 10.9 Å². The van der Waals surface area contributed by atoms with Crippen molar-refractivity contribution in [1.29, 1.82) is 0 Å². The number of H-pyrrole nitrogens is 1. The highest BCUT2D eigenvalue weighted by atomic mass is 16.2. The molecule has 2 N–H and O–H groups in total. The Balaban J connectivity index is 1.57. The van der Waals surface area contributed by atoms with E-state index < -0.39 is 0 Å². The van der Waals surface area contributed by atoms with Gasteiger partial charge in [-0.3, -0.25) is 19.6 Å². The number of likely N-dealkylation sites (tertiary alicyclic amines) is 1. The zero-order valence-electron chi connectivity index (χ0n) is 15.0. The van der Waals surface area contributed by atoms with Crippen LogP contribution in [0.3, 0.4) is 0 Å². The first-order valence-electron chi connectivity index (χ1n) is 8.60. The minimum Gasteiger partial charge on any atom is -0.349 e. The van der Waals surface area contributed by atoms with Crippen LogP contribution in [0.15, 0.2) is 24.3 Å². The number of para-hydroxylation sites is 1. The van der Waals surface area contributed by atoms with Crippen molar-refractivity contribution in [1.82, 2.24) is 25.3 Å². The van der Waals surface area contributed by atoms with Crippen LogP contribution < -0.4 is 5.32 Å². The van der Waals surface area contributed by atoms with Gasteiger partial charge in [0.1, 0.15) is 0 Å². The number of carbonyl (C=O) groups excluding carboxylic acids is 2. The lowest BCUT2D eigenvalue weighted by atomic mass is 10.1. The van der Waals surface area contributed by atoms with E-state index in [1.165, 1.54) is 0 Å². The molecule has 1 aromatic heterocycles. The zero-order chi connectivity index (χ0) is 18.0. The number of nitrogens with zero attached hydrogens (tertiary/aromatic N) is 3. The Hall–Kier alpha value is -2.41. The Bertz CT molecular complexity index is 770. The monoisotopic (exact) mass is 343 g/mol. The fraction of sp³-hybridized carbons (Fsp3) is 0.500. The molecule has 1 aliphatic rings. The molecule has 1 aromatic carbocycles. The zero-order valence-corrected chi connectivity index (χ0v) is 15.0. The van der Waals surface area contributed by atoms with Crippen molar-refractivity contribution in [2.45, 2.75) is 31.3 Å². The molecule has 1 saturated heterocycles. The normalized spacial score (nSPS) is 20.8. The molecule has 0 unspecified atom stereocenters. The predicted molar refractivity (Wildman–Crippen MR) is 96.3 cm³/mol. The van der Waals surface area contributed by atoms with Crippen molar-refractivity contribution in [3.63, 3.8) is 0 Å². The molecule has 2 aromatic rings. The molecule has 134 valence electrons. The van der Waals surface area contributed by atoms with E-state index in [2.05, 4.69) is 20.4 Å². The lowest BCUT2D eigenvalue weighted by Gasteiger charge is -2.26. The molecule has 1 fully saturated rings. The topological polar surface area (TPSA) is 81.3 Å². The number of carbonyl (C=O) groups is 2. The number of benzene rings is 1. The molecule has 2 heterocycles. The number of nitrogens with one attached hydrogen (secondary N) is 2. The fourth-order valence-electron chi connectivity index (χ4n) is 3.40. The molecular formula is C18H25N5O2. The number of fused-ring (bicyclic) bond motifs is 1. The van der Waals surface area contributed by atoms with Crippen LogP contribution in [-0.4, -0.2) is 71.6 Å². The average molecular weight is 343 g/mol. The molecule has 1 aliphatic heterocycles. The number of hydrogen-bond acceptors (Lipinski definition) is 4. The van der Waals surface area contributed by atoms with E-state index in [0.717, 1.165) is 23.7 Å². The van der Waals surface area contributed by atoms with E-state index >= 15 is 0 Å². The minimum atomic E-state index is -0.168. The smallest absolute Gasteiger partial charge is 0.272 e. The van der Waals surface area contributed by atoms with Gasteiger partial charge in [0.05, 0.1) is 5.52 Å². The van der Waals surface area contributed by atoms with Gasteiger partial charge in [0.2, 0.25) is 5.91 Å². The first-order chi connectivity index (χ1) is 12.0. The number of hydrogen-bond donors (Lipinski definition) is 2. The van der Waals surface area contributed by atoms with E-state index in [4.69, 9.17) is 0 Å². The first-order valence-corrected chi connectivity index (χ1v) is 8.60. The molecule has 7 nitrogen and oxygen atoms in total. The third-order valence-electron chi connectivity index (χ3n) is 5.08. The Morgan fingerprint density at radius 1 is 1.28 bits per heavy atom. The number of amides is 2. The second-order valence-corrected chi connectivity index (χ2v) is 6.87. The molecule has 0 bridgehead atoms. The maximum absolute atomic E-state index is 12.5. The van der Waals surface area contributed by atoms with Crippen molar-refractivity contribution < 1.29 is 9.59 Å². The van der Waals surface area contributed by atoms with Crippen molar-refractivity contribution in [2.75, 3.05) is 27.7 Å².